The van der Waals surface area contributed by atoms with Crippen molar-refractivity contribution in [2.75, 3.05) is 6.61 Å². The molecule has 1 heterocycles. The fourth-order valence-corrected chi connectivity index (χ4v) is 2.92. The smallest absolute Gasteiger partial charge is 0.325 e. The van der Waals surface area contributed by atoms with Crippen molar-refractivity contribution in [2.24, 2.45) is 5.73 Å². The molecule has 4 unspecified atom stereocenters. The van der Waals surface area contributed by atoms with Gasteiger partial charge in [-0.3, -0.25) is 19.2 Å². The predicted octanol–water partition coefficient (Wildman–Crippen LogP) is -2.22. The van der Waals surface area contributed by atoms with E-state index in [0.717, 1.165) is 0 Å². The Morgan fingerprint density at radius 2 is 1.62 bits per heavy atom. The van der Waals surface area contributed by atoms with Gasteiger partial charge in [-0.15, -0.1) is 0 Å². The third-order valence-electron chi connectivity index (χ3n) is 4.89. The molecule has 0 bridgehead atoms. The Bertz CT molecular complexity index is 980. The maximum atomic E-state index is 12.7. The van der Waals surface area contributed by atoms with Crippen LogP contribution < -0.4 is 21.7 Å². The van der Waals surface area contributed by atoms with E-state index in [2.05, 4.69) is 25.9 Å². The molecule has 3 amide bonds. The number of hydrogen-bond donors (Lipinski definition) is 8. The minimum absolute atomic E-state index is 0.00260. The number of aliphatic carboxylic acids is 1. The number of H-pyrrole nitrogens is 1. The number of imidazole rings is 1. The zero-order chi connectivity index (χ0) is 25.3. The minimum Gasteiger partial charge on any atom is -0.508 e. The lowest BCUT2D eigenvalue weighted by Gasteiger charge is -2.24. The van der Waals surface area contributed by atoms with Crippen molar-refractivity contribution in [3.63, 3.8) is 0 Å². The quantitative estimate of drug-likeness (QED) is 0.166. The first kappa shape index (κ1) is 26.3. The van der Waals surface area contributed by atoms with Gasteiger partial charge in [-0.25, -0.2) is 4.98 Å². The number of aliphatic hydroxyl groups is 1. The highest BCUT2D eigenvalue weighted by Crippen LogP contribution is 2.12. The fourth-order valence-electron chi connectivity index (χ4n) is 2.92. The molecule has 13 nitrogen and oxygen atoms in total. The highest BCUT2D eigenvalue weighted by atomic mass is 16.4. The number of aliphatic hydroxyl groups excluding tert-OH is 1. The third-order valence-corrected chi connectivity index (χ3v) is 4.89. The number of nitrogens with two attached hydrogens (primary N) is 1. The molecule has 1 aromatic carbocycles. The summed E-state index contributed by atoms with van der Waals surface area (Å²) in [5, 5.41) is 35.2. The molecule has 9 N–H and O–H groups in total. The first-order valence-corrected chi connectivity index (χ1v) is 10.4. The SMILES string of the molecule is CC(NC(=O)C(Cc1ccc(O)cc1)NC(=O)C(CO)NC(=O)C(N)Cc1cnc[nH]1)C(=O)O. The molecular weight excluding hydrogens is 448 g/mol. The van der Waals surface area contributed by atoms with Crippen LogP contribution in [0.1, 0.15) is 18.2 Å². The van der Waals surface area contributed by atoms with Crippen LogP contribution in [0, 0.1) is 0 Å². The van der Waals surface area contributed by atoms with E-state index in [1.807, 2.05) is 0 Å². The third kappa shape index (κ3) is 7.86. The van der Waals surface area contributed by atoms with Crippen LogP contribution in [0.3, 0.4) is 0 Å². The summed E-state index contributed by atoms with van der Waals surface area (Å²) in [5.41, 5.74) is 7.01. The van der Waals surface area contributed by atoms with Crippen LogP contribution in [0.25, 0.3) is 0 Å². The molecule has 0 spiro atoms. The molecule has 0 radical (unpaired) electrons. The number of carboxylic acids is 1. The van der Waals surface area contributed by atoms with Crippen LogP contribution in [0.4, 0.5) is 0 Å². The van der Waals surface area contributed by atoms with E-state index < -0.39 is 54.5 Å². The molecule has 2 rings (SSSR count). The van der Waals surface area contributed by atoms with Crippen LogP contribution >= 0.6 is 0 Å². The number of aromatic nitrogens is 2. The lowest BCUT2D eigenvalue weighted by atomic mass is 10.0. The summed E-state index contributed by atoms with van der Waals surface area (Å²) in [6.07, 6.45) is 2.99. The number of amides is 3. The minimum atomic E-state index is -1.41. The molecule has 0 aliphatic rings. The van der Waals surface area contributed by atoms with Crippen molar-refractivity contribution in [3.05, 3.63) is 48.0 Å². The largest absolute Gasteiger partial charge is 0.508 e. The Kier molecular flexibility index (Phi) is 9.52. The lowest BCUT2D eigenvalue weighted by Crippen LogP contribution is -2.58. The summed E-state index contributed by atoms with van der Waals surface area (Å²) < 4.78 is 0. The predicted molar refractivity (Wildman–Crippen MR) is 118 cm³/mol. The number of phenols is 1. The van der Waals surface area contributed by atoms with Gasteiger partial charge in [-0.2, -0.15) is 0 Å². The van der Waals surface area contributed by atoms with Crippen molar-refractivity contribution in [1.82, 2.24) is 25.9 Å². The van der Waals surface area contributed by atoms with Gasteiger partial charge in [0.05, 0.1) is 19.0 Å². The fraction of sp³-hybridized carbons (Fsp3) is 0.381. The zero-order valence-electron chi connectivity index (χ0n) is 18.4. The molecule has 34 heavy (non-hydrogen) atoms. The van der Waals surface area contributed by atoms with E-state index in [4.69, 9.17) is 10.8 Å². The first-order chi connectivity index (χ1) is 16.1. The lowest BCUT2D eigenvalue weighted by molar-refractivity contribution is -0.141. The summed E-state index contributed by atoms with van der Waals surface area (Å²) in [6.45, 7) is 0.491. The Balaban J connectivity index is 2.09. The first-order valence-electron chi connectivity index (χ1n) is 10.4. The van der Waals surface area contributed by atoms with E-state index in [1.165, 1.54) is 43.7 Å². The highest BCUT2D eigenvalue weighted by Gasteiger charge is 2.29. The van der Waals surface area contributed by atoms with E-state index in [0.29, 0.717) is 11.3 Å². The Morgan fingerprint density at radius 3 is 2.18 bits per heavy atom. The molecule has 0 aliphatic heterocycles. The molecular formula is C21H28N6O7. The number of carbonyl (C=O) groups is 4. The van der Waals surface area contributed by atoms with Gasteiger partial charge in [0, 0.05) is 24.7 Å². The topological polar surface area (TPSA) is 220 Å². The molecule has 184 valence electrons. The van der Waals surface area contributed by atoms with Crippen LogP contribution in [-0.4, -0.2) is 79.8 Å². The van der Waals surface area contributed by atoms with Crippen molar-refractivity contribution >= 4 is 23.7 Å². The highest BCUT2D eigenvalue weighted by molar-refractivity contribution is 5.94. The number of rotatable bonds is 12. The maximum Gasteiger partial charge on any atom is 0.325 e. The molecule has 2 aromatic rings. The van der Waals surface area contributed by atoms with Gasteiger partial charge in [-0.05, 0) is 24.6 Å². The van der Waals surface area contributed by atoms with Gasteiger partial charge in [0.25, 0.3) is 0 Å². The summed E-state index contributed by atoms with van der Waals surface area (Å²) >= 11 is 0. The Morgan fingerprint density at radius 1 is 1.00 bits per heavy atom. The number of hydrogen-bond acceptors (Lipinski definition) is 8. The number of nitrogens with zero attached hydrogens (tertiary/aromatic N) is 1. The van der Waals surface area contributed by atoms with Crippen LogP contribution in [0.15, 0.2) is 36.8 Å². The Hall–Kier alpha value is -3.97. The molecule has 1 aromatic heterocycles. The molecule has 13 heteroatoms. The maximum absolute atomic E-state index is 12.7. The summed E-state index contributed by atoms with van der Waals surface area (Å²) in [6, 6.07) is 0.948. The second-order valence-electron chi connectivity index (χ2n) is 7.63. The second kappa shape index (κ2) is 12.3. The van der Waals surface area contributed by atoms with Gasteiger partial charge < -0.3 is 42.0 Å². The standard InChI is InChI=1S/C21H28N6O7/c1-11(21(33)34)25-19(31)16(6-12-2-4-14(29)5-3-12)26-20(32)17(9-28)27-18(30)15(22)7-13-8-23-10-24-13/h2-5,8,10-11,15-17,28-29H,6-7,9,22H2,1H3,(H,23,24)(H,25,31)(H,26,32)(H,27,30)(H,33,34). The molecule has 0 fully saturated rings. The monoisotopic (exact) mass is 476 g/mol. The molecule has 0 saturated carbocycles. The van der Waals surface area contributed by atoms with Crippen molar-refractivity contribution in [3.8, 4) is 5.75 Å². The summed E-state index contributed by atoms with van der Waals surface area (Å²) in [4.78, 5) is 55.5. The van der Waals surface area contributed by atoms with Gasteiger partial charge in [0.2, 0.25) is 17.7 Å². The van der Waals surface area contributed by atoms with Crippen LogP contribution in [0.5, 0.6) is 5.75 Å². The molecule has 0 saturated heterocycles. The number of nitrogens with one attached hydrogen (secondary N) is 4. The van der Waals surface area contributed by atoms with Gasteiger partial charge >= 0.3 is 5.97 Å². The van der Waals surface area contributed by atoms with Crippen LogP contribution in [-0.2, 0) is 32.0 Å². The average Bonchev–Trinajstić information content (AvgIpc) is 3.30. The number of aromatic hydroxyl groups is 1. The zero-order valence-corrected chi connectivity index (χ0v) is 18.4. The Labute approximate surface area is 194 Å². The number of benzene rings is 1. The summed E-state index contributed by atoms with van der Waals surface area (Å²) in [5.74, 6) is -3.62. The average molecular weight is 476 g/mol. The van der Waals surface area contributed by atoms with Gasteiger partial charge in [0.1, 0.15) is 23.9 Å². The van der Waals surface area contributed by atoms with Crippen molar-refractivity contribution < 1.29 is 34.5 Å². The number of phenolic OH excluding ortho intramolecular Hbond substituents is 1. The molecule has 0 aliphatic carbocycles. The van der Waals surface area contributed by atoms with Gasteiger partial charge in [0.15, 0.2) is 0 Å². The molecule has 4 atom stereocenters. The van der Waals surface area contributed by atoms with Crippen molar-refractivity contribution in [1.29, 1.82) is 0 Å². The van der Waals surface area contributed by atoms with E-state index in [9.17, 15) is 29.4 Å². The van der Waals surface area contributed by atoms with E-state index >= 15 is 0 Å². The van der Waals surface area contributed by atoms with Gasteiger partial charge in [-0.1, -0.05) is 12.1 Å². The van der Waals surface area contributed by atoms with Crippen molar-refractivity contribution in [2.45, 2.75) is 43.9 Å². The normalized spacial score (nSPS) is 14.3. The number of carbonyl (C=O) groups excluding carboxylic acids is 3. The summed E-state index contributed by atoms with van der Waals surface area (Å²) in [7, 11) is 0. The number of aromatic amines is 1. The second-order valence-corrected chi connectivity index (χ2v) is 7.63. The van der Waals surface area contributed by atoms with E-state index in [1.54, 1.807) is 0 Å². The number of carboxylic acid groups (broad SMARTS) is 1. The van der Waals surface area contributed by atoms with Crippen LogP contribution in [0.2, 0.25) is 0 Å². The van der Waals surface area contributed by atoms with E-state index in [-0.39, 0.29) is 18.6 Å².